The first-order valence-electron chi connectivity index (χ1n) is 7.36. The summed E-state index contributed by atoms with van der Waals surface area (Å²) >= 11 is 0. The third-order valence-electron chi connectivity index (χ3n) is 3.52. The minimum Gasteiger partial charge on any atom is -0.425 e. The lowest BCUT2D eigenvalue weighted by Crippen LogP contribution is -2.04. The first-order valence-corrected chi connectivity index (χ1v) is 7.36. The zero-order valence-electron chi connectivity index (χ0n) is 12.8. The molecule has 0 spiro atoms. The summed E-state index contributed by atoms with van der Waals surface area (Å²) in [5.41, 5.74) is 4.89. The molecule has 0 aliphatic rings. The Balaban J connectivity index is 1.77. The molecular weight excluding hydrogens is 274 g/mol. The van der Waals surface area contributed by atoms with Gasteiger partial charge in [-0.2, -0.15) is 0 Å². The maximum atomic E-state index is 5.42. The quantitative estimate of drug-likeness (QED) is 0.783. The molecule has 0 unspecified atom stereocenters. The Morgan fingerprint density at radius 3 is 2.45 bits per heavy atom. The second-order valence-corrected chi connectivity index (χ2v) is 5.32. The summed E-state index contributed by atoms with van der Waals surface area (Å²) in [5, 5.41) is 11.1. The first-order chi connectivity index (χ1) is 10.7. The number of hydrogen-bond donors (Lipinski definition) is 1. The second-order valence-electron chi connectivity index (χ2n) is 5.32. The van der Waals surface area contributed by atoms with Crippen molar-refractivity contribution in [3.8, 4) is 11.1 Å². The monoisotopic (exact) mass is 293 g/mol. The highest BCUT2D eigenvalue weighted by Gasteiger charge is 2.05. The van der Waals surface area contributed by atoms with Gasteiger partial charge in [-0.1, -0.05) is 42.5 Å². The molecule has 0 aliphatic heterocycles. The zero-order chi connectivity index (χ0) is 15.4. The Kier molecular flexibility index (Phi) is 4.30. The molecule has 0 fully saturated rings. The number of aryl methyl sites for hydroxylation is 1. The molecule has 22 heavy (non-hydrogen) atoms. The summed E-state index contributed by atoms with van der Waals surface area (Å²) in [4.78, 5) is 0. The second kappa shape index (κ2) is 6.54. The molecule has 2 aromatic carbocycles. The van der Waals surface area contributed by atoms with E-state index in [0.717, 1.165) is 6.54 Å². The topological polar surface area (TPSA) is 51.0 Å². The van der Waals surface area contributed by atoms with Gasteiger partial charge < -0.3 is 9.73 Å². The van der Waals surface area contributed by atoms with Crippen LogP contribution in [0.1, 0.15) is 22.9 Å². The number of nitrogens with zero attached hydrogens (tertiary/aromatic N) is 2. The van der Waals surface area contributed by atoms with Gasteiger partial charge in [0.1, 0.15) is 0 Å². The fraction of sp³-hybridized carbons (Fsp3) is 0.222. The van der Waals surface area contributed by atoms with Crippen LogP contribution >= 0.6 is 0 Å². The van der Waals surface area contributed by atoms with Crippen molar-refractivity contribution in [1.29, 1.82) is 0 Å². The largest absolute Gasteiger partial charge is 0.425 e. The summed E-state index contributed by atoms with van der Waals surface area (Å²) in [5.74, 6) is 1.26. The van der Waals surface area contributed by atoms with Gasteiger partial charge in [0, 0.05) is 13.5 Å². The minimum absolute atomic E-state index is 0.605. The smallest absolute Gasteiger partial charge is 0.220 e. The number of benzene rings is 2. The predicted molar refractivity (Wildman–Crippen MR) is 86.5 cm³/mol. The summed E-state index contributed by atoms with van der Waals surface area (Å²) in [6.45, 7) is 2.68. The molecule has 0 saturated heterocycles. The van der Waals surface area contributed by atoms with E-state index in [1.165, 1.54) is 22.3 Å². The molecule has 4 heteroatoms. The molecule has 1 aromatic heterocycles. The SMILES string of the molecule is CNCc1cccc(-c2ccc(Cc3nnc(C)o3)cc2)c1. The van der Waals surface area contributed by atoms with E-state index in [0.29, 0.717) is 18.2 Å². The van der Waals surface area contributed by atoms with Crippen molar-refractivity contribution in [3.05, 3.63) is 71.4 Å². The summed E-state index contributed by atoms with van der Waals surface area (Å²) in [6, 6.07) is 17.1. The fourth-order valence-electron chi connectivity index (χ4n) is 2.46. The van der Waals surface area contributed by atoms with Crippen molar-refractivity contribution < 1.29 is 4.42 Å². The average molecular weight is 293 g/mol. The van der Waals surface area contributed by atoms with E-state index in [9.17, 15) is 0 Å². The van der Waals surface area contributed by atoms with Crippen molar-refractivity contribution in [3.63, 3.8) is 0 Å². The van der Waals surface area contributed by atoms with Crippen LogP contribution in [0, 0.1) is 6.92 Å². The standard InChI is InChI=1S/C18H19N3O/c1-13-20-21-18(22-13)11-14-6-8-16(9-7-14)17-5-3-4-15(10-17)12-19-2/h3-10,19H,11-12H2,1-2H3. The summed E-state index contributed by atoms with van der Waals surface area (Å²) in [6.07, 6.45) is 0.668. The van der Waals surface area contributed by atoms with Crippen LogP contribution in [0.5, 0.6) is 0 Å². The molecule has 112 valence electrons. The molecule has 0 bridgehead atoms. The van der Waals surface area contributed by atoms with E-state index < -0.39 is 0 Å². The summed E-state index contributed by atoms with van der Waals surface area (Å²) < 4.78 is 5.42. The highest BCUT2D eigenvalue weighted by atomic mass is 16.4. The van der Waals surface area contributed by atoms with Gasteiger partial charge in [0.2, 0.25) is 11.8 Å². The van der Waals surface area contributed by atoms with Gasteiger partial charge in [0.25, 0.3) is 0 Å². The van der Waals surface area contributed by atoms with Gasteiger partial charge in [-0.15, -0.1) is 10.2 Å². The van der Waals surface area contributed by atoms with Gasteiger partial charge >= 0.3 is 0 Å². The molecule has 3 aromatic rings. The molecular formula is C18H19N3O. The third kappa shape index (κ3) is 3.40. The van der Waals surface area contributed by atoms with Crippen LogP contribution in [0.4, 0.5) is 0 Å². The van der Waals surface area contributed by atoms with E-state index in [-0.39, 0.29) is 0 Å². The molecule has 0 saturated carbocycles. The number of rotatable bonds is 5. The molecule has 1 heterocycles. The molecule has 4 nitrogen and oxygen atoms in total. The zero-order valence-corrected chi connectivity index (χ0v) is 12.8. The van der Waals surface area contributed by atoms with Crippen LogP contribution in [0.3, 0.4) is 0 Å². The molecule has 0 amide bonds. The fourth-order valence-corrected chi connectivity index (χ4v) is 2.46. The number of nitrogens with one attached hydrogen (secondary N) is 1. The Morgan fingerprint density at radius 2 is 1.77 bits per heavy atom. The van der Waals surface area contributed by atoms with Gasteiger partial charge in [0.15, 0.2) is 0 Å². The van der Waals surface area contributed by atoms with Gasteiger partial charge in [-0.05, 0) is 35.4 Å². The Morgan fingerprint density at radius 1 is 0.955 bits per heavy atom. The van der Waals surface area contributed by atoms with Crippen LogP contribution in [0.25, 0.3) is 11.1 Å². The molecule has 3 rings (SSSR count). The van der Waals surface area contributed by atoms with Crippen molar-refractivity contribution in [2.45, 2.75) is 19.9 Å². The highest BCUT2D eigenvalue weighted by Crippen LogP contribution is 2.21. The van der Waals surface area contributed by atoms with Gasteiger partial charge in [-0.25, -0.2) is 0 Å². The third-order valence-corrected chi connectivity index (χ3v) is 3.52. The molecule has 0 radical (unpaired) electrons. The summed E-state index contributed by atoms with van der Waals surface area (Å²) in [7, 11) is 1.96. The highest BCUT2D eigenvalue weighted by molar-refractivity contribution is 5.64. The van der Waals surface area contributed by atoms with Gasteiger partial charge in [0.05, 0.1) is 6.42 Å². The van der Waals surface area contributed by atoms with Crippen molar-refractivity contribution >= 4 is 0 Å². The lowest BCUT2D eigenvalue weighted by Gasteiger charge is -2.06. The van der Waals surface area contributed by atoms with E-state index in [1.807, 2.05) is 7.05 Å². The van der Waals surface area contributed by atoms with Crippen LogP contribution in [-0.2, 0) is 13.0 Å². The Hall–Kier alpha value is -2.46. The average Bonchev–Trinajstić information content (AvgIpc) is 2.94. The van der Waals surface area contributed by atoms with E-state index in [4.69, 9.17) is 4.42 Å². The Bertz CT molecular complexity index is 747. The molecule has 1 N–H and O–H groups in total. The van der Waals surface area contributed by atoms with Crippen molar-refractivity contribution in [2.24, 2.45) is 0 Å². The predicted octanol–water partition coefficient (Wildman–Crippen LogP) is 3.36. The van der Waals surface area contributed by atoms with Crippen LogP contribution < -0.4 is 5.32 Å². The normalized spacial score (nSPS) is 10.8. The minimum atomic E-state index is 0.605. The van der Waals surface area contributed by atoms with E-state index in [2.05, 4.69) is 64.0 Å². The van der Waals surface area contributed by atoms with E-state index in [1.54, 1.807) is 6.92 Å². The van der Waals surface area contributed by atoms with Crippen molar-refractivity contribution in [2.75, 3.05) is 7.05 Å². The molecule has 0 aliphatic carbocycles. The van der Waals surface area contributed by atoms with E-state index >= 15 is 0 Å². The number of aromatic nitrogens is 2. The van der Waals surface area contributed by atoms with Gasteiger partial charge in [-0.3, -0.25) is 0 Å². The van der Waals surface area contributed by atoms with Crippen LogP contribution in [0.2, 0.25) is 0 Å². The first kappa shape index (κ1) is 14.5. The maximum absolute atomic E-state index is 5.42. The van der Waals surface area contributed by atoms with Crippen molar-refractivity contribution in [1.82, 2.24) is 15.5 Å². The number of hydrogen-bond acceptors (Lipinski definition) is 4. The van der Waals surface area contributed by atoms with Crippen LogP contribution in [-0.4, -0.2) is 17.2 Å². The lowest BCUT2D eigenvalue weighted by atomic mass is 10.0. The maximum Gasteiger partial charge on any atom is 0.220 e. The molecule has 0 atom stereocenters. The van der Waals surface area contributed by atoms with Crippen LogP contribution in [0.15, 0.2) is 52.9 Å². The Labute approximate surface area is 130 Å². The lowest BCUT2D eigenvalue weighted by molar-refractivity contribution is 0.477.